The highest BCUT2D eigenvalue weighted by Crippen LogP contribution is 2.26. The third kappa shape index (κ3) is 4.34. The molecule has 0 unspecified atom stereocenters. The molecule has 0 aliphatic heterocycles. The summed E-state index contributed by atoms with van der Waals surface area (Å²) in [6, 6.07) is 19.9. The van der Waals surface area contributed by atoms with E-state index in [4.69, 9.17) is 0 Å². The summed E-state index contributed by atoms with van der Waals surface area (Å²) >= 11 is 0. The molecule has 0 aliphatic rings. The third-order valence-corrected chi connectivity index (χ3v) is 4.51. The van der Waals surface area contributed by atoms with Crippen LogP contribution >= 0.6 is 0 Å². The average Bonchev–Trinajstić information content (AvgIpc) is 2.70. The maximum Gasteiger partial charge on any atom is 0.257 e. The Bertz CT molecular complexity index is 906. The zero-order valence-corrected chi connectivity index (χ0v) is 16.0. The van der Waals surface area contributed by atoms with Gasteiger partial charge in [-0.2, -0.15) is 0 Å². The Balaban J connectivity index is 1.86. The van der Waals surface area contributed by atoms with Crippen molar-refractivity contribution < 1.29 is 4.79 Å². The minimum atomic E-state index is -0.151. The van der Waals surface area contributed by atoms with Crippen LogP contribution in [0, 0.1) is 0 Å². The molecule has 0 bridgehead atoms. The van der Waals surface area contributed by atoms with E-state index in [-0.39, 0.29) is 5.91 Å². The van der Waals surface area contributed by atoms with Crippen molar-refractivity contribution in [2.45, 2.75) is 26.7 Å². The van der Waals surface area contributed by atoms with Crippen LogP contribution in [-0.4, -0.2) is 17.4 Å². The van der Waals surface area contributed by atoms with Crippen molar-refractivity contribution in [3.05, 3.63) is 84.2 Å². The first kappa shape index (κ1) is 18.6. The van der Waals surface area contributed by atoms with Crippen LogP contribution in [0.2, 0.25) is 0 Å². The predicted molar refractivity (Wildman–Crippen MR) is 112 cm³/mol. The Labute approximate surface area is 160 Å². The van der Waals surface area contributed by atoms with Gasteiger partial charge in [0.2, 0.25) is 0 Å². The van der Waals surface area contributed by atoms with Crippen LogP contribution in [0.3, 0.4) is 0 Å². The van der Waals surface area contributed by atoms with Gasteiger partial charge in [-0.05, 0) is 42.7 Å². The molecule has 27 heavy (non-hydrogen) atoms. The zero-order valence-electron chi connectivity index (χ0n) is 16.0. The number of benzene rings is 2. The minimum Gasteiger partial charge on any atom is -0.340 e. The van der Waals surface area contributed by atoms with E-state index in [9.17, 15) is 4.79 Å². The first-order chi connectivity index (χ1) is 13.1. The van der Waals surface area contributed by atoms with Crippen LogP contribution in [0.4, 0.5) is 17.1 Å². The standard InChI is InChI=1S/C23H25N3O/c1-4-26(19-10-6-5-7-11-19)20-14-18(15-24-16-20)23(27)25-22-13-9-8-12-21(22)17(2)3/h5-17H,4H2,1-3H3,(H,25,27). The van der Waals surface area contributed by atoms with Crippen molar-refractivity contribution in [1.29, 1.82) is 0 Å². The van der Waals surface area contributed by atoms with Gasteiger partial charge in [-0.15, -0.1) is 0 Å². The van der Waals surface area contributed by atoms with Gasteiger partial charge in [-0.25, -0.2) is 0 Å². The van der Waals surface area contributed by atoms with Gasteiger partial charge >= 0.3 is 0 Å². The number of nitrogens with one attached hydrogen (secondary N) is 1. The lowest BCUT2D eigenvalue weighted by atomic mass is 10.0. The van der Waals surface area contributed by atoms with Gasteiger partial charge in [0.15, 0.2) is 0 Å². The molecule has 0 fully saturated rings. The van der Waals surface area contributed by atoms with E-state index in [1.807, 2.05) is 48.5 Å². The molecule has 0 aliphatic carbocycles. The van der Waals surface area contributed by atoms with E-state index in [1.54, 1.807) is 12.4 Å². The number of hydrogen-bond acceptors (Lipinski definition) is 3. The largest absolute Gasteiger partial charge is 0.340 e. The highest BCUT2D eigenvalue weighted by molar-refractivity contribution is 6.05. The number of pyridine rings is 1. The lowest BCUT2D eigenvalue weighted by molar-refractivity contribution is 0.102. The van der Waals surface area contributed by atoms with Crippen molar-refractivity contribution in [2.24, 2.45) is 0 Å². The molecule has 1 heterocycles. The number of carbonyl (C=O) groups excluding carboxylic acids is 1. The summed E-state index contributed by atoms with van der Waals surface area (Å²) in [4.78, 5) is 19.2. The summed E-state index contributed by atoms with van der Waals surface area (Å²) in [6.07, 6.45) is 3.39. The minimum absolute atomic E-state index is 0.151. The normalized spacial score (nSPS) is 10.7. The van der Waals surface area contributed by atoms with Crippen LogP contribution in [-0.2, 0) is 0 Å². The van der Waals surface area contributed by atoms with E-state index in [0.29, 0.717) is 11.5 Å². The number of para-hydroxylation sites is 2. The number of rotatable bonds is 6. The summed E-state index contributed by atoms with van der Waals surface area (Å²) in [5.74, 6) is 0.182. The van der Waals surface area contributed by atoms with Crippen LogP contribution in [0.1, 0.15) is 42.6 Å². The first-order valence-electron chi connectivity index (χ1n) is 9.28. The first-order valence-corrected chi connectivity index (χ1v) is 9.28. The van der Waals surface area contributed by atoms with E-state index in [2.05, 4.69) is 48.1 Å². The fourth-order valence-corrected chi connectivity index (χ4v) is 3.13. The number of nitrogens with zero attached hydrogens (tertiary/aromatic N) is 2. The van der Waals surface area contributed by atoms with Gasteiger partial charge in [0, 0.05) is 24.1 Å². The zero-order chi connectivity index (χ0) is 19.2. The summed E-state index contributed by atoms with van der Waals surface area (Å²) in [5, 5.41) is 3.03. The Morgan fingerprint density at radius 2 is 1.70 bits per heavy atom. The highest BCUT2D eigenvalue weighted by Gasteiger charge is 2.14. The van der Waals surface area contributed by atoms with Crippen LogP contribution < -0.4 is 10.2 Å². The van der Waals surface area contributed by atoms with Crippen molar-refractivity contribution in [3.63, 3.8) is 0 Å². The summed E-state index contributed by atoms with van der Waals surface area (Å²) < 4.78 is 0. The molecule has 4 nitrogen and oxygen atoms in total. The smallest absolute Gasteiger partial charge is 0.257 e. The third-order valence-electron chi connectivity index (χ3n) is 4.51. The van der Waals surface area contributed by atoms with E-state index in [1.165, 1.54) is 0 Å². The fraction of sp³-hybridized carbons (Fsp3) is 0.217. The second-order valence-electron chi connectivity index (χ2n) is 6.71. The second-order valence-corrected chi connectivity index (χ2v) is 6.71. The molecule has 2 aromatic carbocycles. The molecule has 4 heteroatoms. The Morgan fingerprint density at radius 1 is 1.00 bits per heavy atom. The topological polar surface area (TPSA) is 45.2 Å². The van der Waals surface area contributed by atoms with Crippen LogP contribution in [0.15, 0.2) is 73.1 Å². The van der Waals surface area contributed by atoms with E-state index in [0.717, 1.165) is 29.2 Å². The SMILES string of the molecule is CCN(c1ccccc1)c1cncc(C(=O)Nc2ccccc2C(C)C)c1. The summed E-state index contributed by atoms with van der Waals surface area (Å²) in [5.41, 5.74) is 4.48. The van der Waals surface area contributed by atoms with Crippen molar-refractivity contribution in [1.82, 2.24) is 4.98 Å². The van der Waals surface area contributed by atoms with Crippen molar-refractivity contribution >= 4 is 23.0 Å². The molecule has 0 spiro atoms. The molecule has 1 N–H and O–H groups in total. The van der Waals surface area contributed by atoms with Gasteiger partial charge in [-0.1, -0.05) is 50.2 Å². The Kier molecular flexibility index (Phi) is 5.87. The van der Waals surface area contributed by atoms with Gasteiger partial charge in [0.1, 0.15) is 0 Å². The van der Waals surface area contributed by atoms with Gasteiger partial charge in [0.25, 0.3) is 5.91 Å². The fourth-order valence-electron chi connectivity index (χ4n) is 3.13. The number of carbonyl (C=O) groups is 1. The Morgan fingerprint density at radius 3 is 2.41 bits per heavy atom. The molecular weight excluding hydrogens is 334 g/mol. The quantitative estimate of drug-likeness (QED) is 0.622. The molecule has 1 amide bonds. The maximum atomic E-state index is 12.8. The van der Waals surface area contributed by atoms with Crippen molar-refractivity contribution in [3.8, 4) is 0 Å². The number of aromatic nitrogens is 1. The molecule has 138 valence electrons. The molecule has 1 aromatic heterocycles. The number of hydrogen-bond donors (Lipinski definition) is 1. The number of amides is 1. The molecule has 0 saturated carbocycles. The predicted octanol–water partition coefficient (Wildman–Crippen LogP) is 5.62. The number of anilines is 3. The summed E-state index contributed by atoms with van der Waals surface area (Å²) in [7, 11) is 0. The van der Waals surface area contributed by atoms with Crippen molar-refractivity contribution in [2.75, 3.05) is 16.8 Å². The molecular formula is C23H25N3O. The van der Waals surface area contributed by atoms with Gasteiger partial charge in [0.05, 0.1) is 17.4 Å². The average molecular weight is 359 g/mol. The van der Waals surface area contributed by atoms with E-state index >= 15 is 0 Å². The molecule has 0 atom stereocenters. The second kappa shape index (κ2) is 8.49. The van der Waals surface area contributed by atoms with Gasteiger partial charge < -0.3 is 10.2 Å². The highest BCUT2D eigenvalue weighted by atomic mass is 16.1. The van der Waals surface area contributed by atoms with Crippen LogP contribution in [0.5, 0.6) is 0 Å². The molecule has 0 saturated heterocycles. The lowest BCUT2D eigenvalue weighted by Crippen LogP contribution is -2.18. The summed E-state index contributed by atoms with van der Waals surface area (Å²) in [6.45, 7) is 7.10. The molecule has 0 radical (unpaired) electrons. The monoisotopic (exact) mass is 359 g/mol. The van der Waals surface area contributed by atoms with Crippen LogP contribution in [0.25, 0.3) is 0 Å². The molecule has 3 rings (SSSR count). The van der Waals surface area contributed by atoms with Gasteiger partial charge in [-0.3, -0.25) is 9.78 Å². The van der Waals surface area contributed by atoms with E-state index < -0.39 is 0 Å². The Hall–Kier alpha value is -3.14. The lowest BCUT2D eigenvalue weighted by Gasteiger charge is -2.23. The molecule has 3 aromatic rings. The maximum absolute atomic E-state index is 12.8.